The summed E-state index contributed by atoms with van der Waals surface area (Å²) in [6, 6.07) is 3.26. The lowest BCUT2D eigenvalue weighted by molar-refractivity contribution is 0.601. The van der Waals surface area contributed by atoms with Crippen LogP contribution < -0.4 is 5.32 Å². The van der Waals surface area contributed by atoms with E-state index in [4.69, 9.17) is 0 Å². The number of pyridine rings is 1. The summed E-state index contributed by atoms with van der Waals surface area (Å²) < 4.78 is 23.7. The molecule has 1 aromatic rings. The largest absolute Gasteiger partial charge is 0.368 e. The zero-order valence-electron chi connectivity index (χ0n) is 11.3. The number of nitrogens with one attached hydrogen (secondary N) is 1. The van der Waals surface area contributed by atoms with E-state index in [9.17, 15) is 8.42 Å². The molecule has 1 aliphatic rings. The Balaban J connectivity index is 2.16. The van der Waals surface area contributed by atoms with E-state index in [2.05, 4.69) is 16.6 Å². The predicted molar refractivity (Wildman–Crippen MR) is 80.6 cm³/mol. The zero-order valence-corrected chi connectivity index (χ0v) is 13.0. The average molecular weight is 300 g/mol. The van der Waals surface area contributed by atoms with Crippen molar-refractivity contribution in [1.29, 1.82) is 0 Å². The quantitative estimate of drug-likeness (QED) is 0.905. The topological polar surface area (TPSA) is 59.1 Å². The van der Waals surface area contributed by atoms with E-state index in [1.165, 1.54) is 31.9 Å². The fourth-order valence-corrected chi connectivity index (χ4v) is 4.26. The number of hydrogen-bond acceptors (Lipinski definition) is 5. The maximum absolute atomic E-state index is 11.7. The lowest BCUT2D eigenvalue weighted by atomic mass is 10.1. The molecule has 1 N–H and O–H groups in total. The third-order valence-corrected chi connectivity index (χ3v) is 6.24. The minimum absolute atomic E-state index is 0.228. The van der Waals surface area contributed by atoms with Crippen LogP contribution in [0.2, 0.25) is 0 Å². The standard InChI is InChI=1S/C13H20N2O2S2/c1-18-13(7-3-4-8-13)10-15-12-11(19(2,16)17)6-5-9-14-12/h5-6,9H,3-4,7-8,10H2,1-2H3,(H,14,15). The molecular weight excluding hydrogens is 280 g/mol. The number of hydrogen-bond donors (Lipinski definition) is 1. The number of sulfone groups is 1. The number of aromatic nitrogens is 1. The molecule has 0 radical (unpaired) electrons. The van der Waals surface area contributed by atoms with E-state index < -0.39 is 9.84 Å². The smallest absolute Gasteiger partial charge is 0.179 e. The average Bonchev–Trinajstić information content (AvgIpc) is 2.85. The summed E-state index contributed by atoms with van der Waals surface area (Å²) in [7, 11) is -3.24. The van der Waals surface area contributed by atoms with Gasteiger partial charge in [0, 0.05) is 23.7 Å². The second kappa shape index (κ2) is 5.71. The molecular formula is C13H20N2O2S2. The molecule has 0 spiro atoms. The first kappa shape index (κ1) is 14.7. The highest BCUT2D eigenvalue weighted by molar-refractivity contribution is 8.00. The van der Waals surface area contributed by atoms with Crippen LogP contribution in [0.25, 0.3) is 0 Å². The minimum atomic E-state index is -3.24. The van der Waals surface area contributed by atoms with E-state index in [1.54, 1.807) is 18.3 Å². The molecule has 1 saturated carbocycles. The maximum Gasteiger partial charge on any atom is 0.179 e. The van der Waals surface area contributed by atoms with Crippen molar-refractivity contribution >= 4 is 27.4 Å². The maximum atomic E-state index is 11.7. The normalized spacial score (nSPS) is 18.4. The van der Waals surface area contributed by atoms with Gasteiger partial charge in [-0.15, -0.1) is 0 Å². The lowest BCUT2D eigenvalue weighted by Crippen LogP contribution is -2.30. The van der Waals surface area contributed by atoms with Crippen molar-refractivity contribution in [3.8, 4) is 0 Å². The first-order valence-electron chi connectivity index (χ1n) is 6.41. The molecule has 1 aromatic heterocycles. The first-order valence-corrected chi connectivity index (χ1v) is 9.53. The van der Waals surface area contributed by atoms with Crippen LogP contribution in [-0.2, 0) is 9.84 Å². The Morgan fingerprint density at radius 2 is 2.11 bits per heavy atom. The van der Waals surface area contributed by atoms with E-state index >= 15 is 0 Å². The summed E-state index contributed by atoms with van der Waals surface area (Å²) in [4.78, 5) is 4.45. The highest BCUT2D eigenvalue weighted by Crippen LogP contribution is 2.40. The summed E-state index contributed by atoms with van der Waals surface area (Å²) >= 11 is 1.87. The minimum Gasteiger partial charge on any atom is -0.368 e. The fraction of sp³-hybridized carbons (Fsp3) is 0.615. The molecule has 1 aliphatic carbocycles. The highest BCUT2D eigenvalue weighted by atomic mass is 32.2. The molecule has 0 aromatic carbocycles. The van der Waals surface area contributed by atoms with Gasteiger partial charge in [0.1, 0.15) is 10.7 Å². The van der Waals surface area contributed by atoms with Gasteiger partial charge in [-0.3, -0.25) is 0 Å². The van der Waals surface area contributed by atoms with Gasteiger partial charge in [0.25, 0.3) is 0 Å². The third kappa shape index (κ3) is 3.42. The molecule has 19 heavy (non-hydrogen) atoms. The molecule has 1 heterocycles. The van der Waals surface area contributed by atoms with Gasteiger partial charge < -0.3 is 5.32 Å². The molecule has 6 heteroatoms. The van der Waals surface area contributed by atoms with Gasteiger partial charge in [-0.25, -0.2) is 13.4 Å². The van der Waals surface area contributed by atoms with Gasteiger partial charge >= 0.3 is 0 Å². The molecule has 0 aliphatic heterocycles. The van der Waals surface area contributed by atoms with Crippen LogP contribution >= 0.6 is 11.8 Å². The van der Waals surface area contributed by atoms with Crippen LogP contribution in [-0.4, -0.2) is 37.2 Å². The van der Waals surface area contributed by atoms with Crippen LogP contribution in [0.3, 0.4) is 0 Å². The van der Waals surface area contributed by atoms with Gasteiger partial charge in [-0.2, -0.15) is 11.8 Å². The van der Waals surface area contributed by atoms with Crippen LogP contribution in [0.15, 0.2) is 23.2 Å². The molecule has 0 atom stereocenters. The Hall–Kier alpha value is -0.750. The molecule has 2 rings (SSSR count). The van der Waals surface area contributed by atoms with Crippen LogP contribution in [0, 0.1) is 0 Å². The van der Waals surface area contributed by atoms with Crippen LogP contribution in [0.5, 0.6) is 0 Å². The Morgan fingerprint density at radius 3 is 2.68 bits per heavy atom. The number of nitrogens with zero attached hydrogens (tertiary/aromatic N) is 1. The van der Waals surface area contributed by atoms with Crippen molar-refractivity contribution in [3.05, 3.63) is 18.3 Å². The third-order valence-electron chi connectivity index (χ3n) is 3.70. The van der Waals surface area contributed by atoms with Crippen LogP contribution in [0.4, 0.5) is 5.82 Å². The molecule has 1 fully saturated rings. The Morgan fingerprint density at radius 1 is 1.42 bits per heavy atom. The Labute approximate surface area is 119 Å². The van der Waals surface area contributed by atoms with Crippen molar-refractivity contribution in [1.82, 2.24) is 4.98 Å². The van der Waals surface area contributed by atoms with Gasteiger partial charge in [-0.1, -0.05) is 12.8 Å². The molecule has 0 bridgehead atoms. The summed E-state index contributed by atoms with van der Waals surface area (Å²) in [6.07, 6.45) is 9.84. The monoisotopic (exact) mass is 300 g/mol. The zero-order chi connectivity index (χ0) is 13.9. The number of thioether (sulfide) groups is 1. The van der Waals surface area contributed by atoms with Crippen molar-refractivity contribution in [2.75, 3.05) is 24.4 Å². The molecule has 0 saturated heterocycles. The summed E-state index contributed by atoms with van der Waals surface area (Å²) in [5.41, 5.74) is 0. The second-order valence-electron chi connectivity index (χ2n) is 5.07. The van der Waals surface area contributed by atoms with E-state index in [0.29, 0.717) is 5.82 Å². The van der Waals surface area contributed by atoms with Gasteiger partial charge in [0.15, 0.2) is 9.84 Å². The molecule has 0 unspecified atom stereocenters. The second-order valence-corrected chi connectivity index (χ2v) is 8.33. The Bertz CT molecular complexity index is 537. The number of rotatable bonds is 5. The fourth-order valence-electron chi connectivity index (χ4n) is 2.54. The van der Waals surface area contributed by atoms with E-state index in [0.717, 1.165) is 6.54 Å². The first-order chi connectivity index (χ1) is 8.97. The van der Waals surface area contributed by atoms with Crippen molar-refractivity contribution in [2.45, 2.75) is 35.3 Å². The Kier molecular flexibility index (Phi) is 4.40. The summed E-state index contributed by atoms with van der Waals surface area (Å²) in [5, 5.41) is 3.24. The molecule has 0 amide bonds. The van der Waals surface area contributed by atoms with Crippen LogP contribution in [0.1, 0.15) is 25.7 Å². The summed E-state index contributed by atoms with van der Waals surface area (Å²) in [5.74, 6) is 0.477. The molecule has 4 nitrogen and oxygen atoms in total. The van der Waals surface area contributed by atoms with Gasteiger partial charge in [0.05, 0.1) is 0 Å². The van der Waals surface area contributed by atoms with Gasteiger partial charge in [-0.05, 0) is 31.2 Å². The highest BCUT2D eigenvalue weighted by Gasteiger charge is 2.33. The molecule has 106 valence electrons. The van der Waals surface area contributed by atoms with E-state index in [1.807, 2.05) is 11.8 Å². The predicted octanol–water partition coefficient (Wildman–Crippen LogP) is 2.57. The SMILES string of the molecule is CSC1(CNc2ncccc2S(C)(=O)=O)CCCC1. The summed E-state index contributed by atoms with van der Waals surface area (Å²) in [6.45, 7) is 0.772. The number of anilines is 1. The van der Waals surface area contributed by atoms with Crippen molar-refractivity contribution in [2.24, 2.45) is 0 Å². The van der Waals surface area contributed by atoms with Gasteiger partial charge in [0.2, 0.25) is 0 Å². The van der Waals surface area contributed by atoms with Crippen molar-refractivity contribution in [3.63, 3.8) is 0 Å². The van der Waals surface area contributed by atoms with Crippen molar-refractivity contribution < 1.29 is 8.42 Å². The lowest BCUT2D eigenvalue weighted by Gasteiger charge is -2.27. The van der Waals surface area contributed by atoms with E-state index in [-0.39, 0.29) is 9.64 Å².